The van der Waals surface area contributed by atoms with Crippen LogP contribution < -0.4 is 10.6 Å². The van der Waals surface area contributed by atoms with Crippen molar-refractivity contribution in [2.24, 2.45) is 0 Å². The highest BCUT2D eigenvalue weighted by Gasteiger charge is 2.44. The minimum atomic E-state index is -1.28. The van der Waals surface area contributed by atoms with E-state index in [-0.39, 0.29) is 30.5 Å². The van der Waals surface area contributed by atoms with Crippen LogP contribution in [0.5, 0.6) is 0 Å². The van der Waals surface area contributed by atoms with Crippen molar-refractivity contribution >= 4 is 28.9 Å². The standard InChI is InChI=1S/C32H34N8O6/c1-2-46-31(45)21-14-35-40(16-21)32-37-29(33-15-22(19-9-5-3-6-10-19)20-11-7-4-8-12-20)26-30(38-32)39(18-34-26)24-13-23(27(43)28(24)44)36-25(42)17-41/h3-12,14,16,18,22-24,27-28,41,43-44H,2,13,15,17H2,1H3,(H,36,42)(H,33,37,38)/t23-,24?,27+,28-/m0/s1. The Kier molecular flexibility index (Phi) is 9.01. The van der Waals surface area contributed by atoms with E-state index in [2.05, 4.69) is 45.0 Å². The Hall–Kier alpha value is -5.18. The first-order valence-corrected chi connectivity index (χ1v) is 14.9. The number of aliphatic hydroxyl groups is 3. The molecule has 0 radical (unpaired) electrons. The van der Waals surface area contributed by atoms with Crippen molar-refractivity contribution in [1.29, 1.82) is 0 Å². The second-order valence-electron chi connectivity index (χ2n) is 11.0. The van der Waals surface area contributed by atoms with Crippen LogP contribution >= 0.6 is 0 Å². The summed E-state index contributed by atoms with van der Waals surface area (Å²) in [6, 6.07) is 18.6. The van der Waals surface area contributed by atoms with Crippen molar-refractivity contribution < 1.29 is 29.6 Å². The number of anilines is 1. The summed E-state index contributed by atoms with van der Waals surface area (Å²) in [4.78, 5) is 38.3. The number of hydrogen-bond donors (Lipinski definition) is 5. The molecule has 5 aromatic rings. The van der Waals surface area contributed by atoms with Crippen molar-refractivity contribution in [3.63, 3.8) is 0 Å². The average Bonchev–Trinajstić information content (AvgIpc) is 3.81. The first kappa shape index (κ1) is 30.8. The molecule has 14 heteroatoms. The number of esters is 1. The van der Waals surface area contributed by atoms with Crippen molar-refractivity contribution in [2.45, 2.75) is 43.6 Å². The third kappa shape index (κ3) is 6.18. The summed E-state index contributed by atoms with van der Waals surface area (Å²) >= 11 is 0. The van der Waals surface area contributed by atoms with Gasteiger partial charge in [0.15, 0.2) is 17.0 Å². The van der Waals surface area contributed by atoms with Gasteiger partial charge in [-0.1, -0.05) is 60.7 Å². The number of amides is 1. The normalized spacial score (nSPS) is 19.4. The van der Waals surface area contributed by atoms with Gasteiger partial charge in [-0.2, -0.15) is 15.1 Å². The predicted molar refractivity (Wildman–Crippen MR) is 166 cm³/mol. The minimum absolute atomic E-state index is 0.0410. The molecule has 4 atom stereocenters. The number of nitrogens with zero attached hydrogens (tertiary/aromatic N) is 6. The number of fused-ring (bicyclic) bond motifs is 1. The van der Waals surface area contributed by atoms with E-state index in [4.69, 9.17) is 14.7 Å². The third-order valence-electron chi connectivity index (χ3n) is 8.08. The highest BCUT2D eigenvalue weighted by Crippen LogP contribution is 2.35. The van der Waals surface area contributed by atoms with Crippen LogP contribution in [-0.2, 0) is 9.53 Å². The molecule has 6 rings (SSSR count). The van der Waals surface area contributed by atoms with Gasteiger partial charge in [-0.3, -0.25) is 4.79 Å². The molecule has 0 saturated heterocycles. The number of rotatable bonds is 11. The van der Waals surface area contributed by atoms with Crippen LogP contribution in [0.2, 0.25) is 0 Å². The summed E-state index contributed by atoms with van der Waals surface area (Å²) in [7, 11) is 0. The molecule has 46 heavy (non-hydrogen) atoms. The maximum absolute atomic E-state index is 12.4. The summed E-state index contributed by atoms with van der Waals surface area (Å²) < 4.78 is 8.09. The second-order valence-corrected chi connectivity index (χ2v) is 11.0. The number of benzene rings is 2. The molecule has 1 fully saturated rings. The van der Waals surface area contributed by atoms with Gasteiger partial charge in [0, 0.05) is 18.7 Å². The zero-order valence-electron chi connectivity index (χ0n) is 25.0. The quantitative estimate of drug-likeness (QED) is 0.134. The smallest absolute Gasteiger partial charge is 0.341 e. The number of aliphatic hydroxyl groups excluding tert-OH is 3. The molecule has 1 amide bonds. The van der Waals surface area contributed by atoms with E-state index in [1.807, 2.05) is 36.4 Å². The summed E-state index contributed by atoms with van der Waals surface area (Å²) in [5.41, 5.74) is 3.16. The molecule has 1 unspecified atom stereocenters. The molecule has 0 aliphatic heterocycles. The summed E-state index contributed by atoms with van der Waals surface area (Å²) in [5.74, 6) is -0.721. The molecule has 1 saturated carbocycles. The van der Waals surface area contributed by atoms with Gasteiger partial charge in [-0.05, 0) is 24.5 Å². The number of carbonyl (C=O) groups excluding carboxylic acids is 2. The highest BCUT2D eigenvalue weighted by molar-refractivity contribution is 5.89. The van der Waals surface area contributed by atoms with Gasteiger partial charge in [-0.25, -0.2) is 14.5 Å². The molecule has 0 bridgehead atoms. The maximum Gasteiger partial charge on any atom is 0.341 e. The largest absolute Gasteiger partial charge is 0.462 e. The van der Waals surface area contributed by atoms with Crippen LogP contribution in [0.1, 0.15) is 46.8 Å². The zero-order valence-corrected chi connectivity index (χ0v) is 25.0. The van der Waals surface area contributed by atoms with Crippen LogP contribution in [-0.4, -0.2) is 94.5 Å². The summed E-state index contributed by atoms with van der Waals surface area (Å²) in [6.45, 7) is 1.62. The Morgan fingerprint density at radius 3 is 2.37 bits per heavy atom. The van der Waals surface area contributed by atoms with Crippen molar-refractivity contribution in [1.82, 2.24) is 34.6 Å². The summed E-state index contributed by atoms with van der Waals surface area (Å²) in [6.07, 6.45) is 1.94. The predicted octanol–water partition coefficient (Wildman–Crippen LogP) is 1.58. The Labute approximate surface area is 263 Å². The minimum Gasteiger partial charge on any atom is -0.462 e. The van der Waals surface area contributed by atoms with Gasteiger partial charge in [0.05, 0.1) is 36.8 Å². The van der Waals surface area contributed by atoms with Gasteiger partial charge in [-0.15, -0.1) is 0 Å². The molecule has 5 N–H and O–H groups in total. The molecule has 238 valence electrons. The number of aromatic nitrogens is 6. The number of imidazole rings is 1. The van der Waals surface area contributed by atoms with Gasteiger partial charge in [0.1, 0.15) is 18.8 Å². The van der Waals surface area contributed by atoms with Crippen LogP contribution in [0.4, 0.5) is 5.82 Å². The molecule has 0 spiro atoms. The van der Waals surface area contributed by atoms with E-state index in [9.17, 15) is 24.9 Å². The zero-order chi connectivity index (χ0) is 32.2. The Bertz CT molecular complexity index is 1770. The van der Waals surface area contributed by atoms with E-state index < -0.39 is 42.8 Å². The molecule has 14 nitrogen and oxygen atoms in total. The van der Waals surface area contributed by atoms with Crippen molar-refractivity contribution in [3.8, 4) is 5.95 Å². The molecule has 3 aromatic heterocycles. The maximum atomic E-state index is 12.4. The topological polar surface area (TPSA) is 190 Å². The fraction of sp³-hybridized carbons (Fsp3) is 0.312. The Morgan fingerprint density at radius 1 is 1.02 bits per heavy atom. The number of ether oxygens (including phenoxy) is 1. The van der Waals surface area contributed by atoms with E-state index in [1.54, 1.807) is 11.5 Å². The van der Waals surface area contributed by atoms with Crippen LogP contribution in [0, 0.1) is 0 Å². The number of hydrogen-bond acceptors (Lipinski definition) is 11. The Balaban J connectivity index is 1.40. The van der Waals surface area contributed by atoms with Crippen LogP contribution in [0.3, 0.4) is 0 Å². The lowest BCUT2D eigenvalue weighted by atomic mass is 9.91. The van der Waals surface area contributed by atoms with E-state index in [1.165, 1.54) is 23.4 Å². The first-order chi connectivity index (χ1) is 22.4. The molecule has 2 aromatic carbocycles. The monoisotopic (exact) mass is 626 g/mol. The van der Waals surface area contributed by atoms with Gasteiger partial charge >= 0.3 is 5.97 Å². The molecule has 3 heterocycles. The van der Waals surface area contributed by atoms with Crippen LogP contribution in [0.15, 0.2) is 79.4 Å². The van der Waals surface area contributed by atoms with E-state index in [0.717, 1.165) is 11.1 Å². The SMILES string of the molecule is CCOC(=O)c1cnn(-c2nc(NCC(c3ccccc3)c3ccccc3)c3ncn(C4C[C@H](NC(=O)CO)[C@@H](O)[C@H]4O)c3n2)c1. The lowest BCUT2D eigenvalue weighted by Gasteiger charge is -2.20. The fourth-order valence-corrected chi connectivity index (χ4v) is 5.80. The van der Waals surface area contributed by atoms with Crippen molar-refractivity contribution in [3.05, 3.63) is 96.1 Å². The lowest BCUT2D eigenvalue weighted by molar-refractivity contribution is -0.125. The van der Waals surface area contributed by atoms with Gasteiger partial charge in [0.2, 0.25) is 5.91 Å². The van der Waals surface area contributed by atoms with E-state index >= 15 is 0 Å². The molecule has 1 aliphatic rings. The lowest BCUT2D eigenvalue weighted by Crippen LogP contribution is -2.44. The van der Waals surface area contributed by atoms with Crippen LogP contribution in [0.25, 0.3) is 17.1 Å². The molecular weight excluding hydrogens is 592 g/mol. The fourth-order valence-electron chi connectivity index (χ4n) is 5.80. The highest BCUT2D eigenvalue weighted by atomic mass is 16.5. The second kappa shape index (κ2) is 13.4. The van der Waals surface area contributed by atoms with E-state index in [0.29, 0.717) is 23.5 Å². The van der Waals surface area contributed by atoms with Crippen molar-refractivity contribution in [2.75, 3.05) is 25.1 Å². The third-order valence-corrected chi connectivity index (χ3v) is 8.08. The first-order valence-electron chi connectivity index (χ1n) is 14.9. The summed E-state index contributed by atoms with van der Waals surface area (Å²) in [5, 5.41) is 41.2. The van der Waals surface area contributed by atoms with Gasteiger partial charge < -0.3 is 35.3 Å². The number of nitrogens with one attached hydrogen (secondary N) is 2. The van der Waals surface area contributed by atoms with Gasteiger partial charge in [0.25, 0.3) is 5.95 Å². The molecule has 1 aliphatic carbocycles. The number of carbonyl (C=O) groups is 2. The average molecular weight is 627 g/mol. The molecular formula is C32H34N8O6. The Morgan fingerprint density at radius 2 is 1.72 bits per heavy atom.